The van der Waals surface area contributed by atoms with Crippen molar-refractivity contribution in [2.24, 2.45) is 0 Å². The normalized spacial score (nSPS) is 12.2. The Morgan fingerprint density at radius 2 is 2.06 bits per heavy atom. The van der Waals surface area contributed by atoms with Crippen LogP contribution in [0.15, 0.2) is 66.0 Å². The van der Waals surface area contributed by atoms with Gasteiger partial charge in [0.25, 0.3) is 0 Å². The maximum absolute atomic E-state index is 5.09. The molecule has 1 aromatic heterocycles. The Bertz CT molecular complexity index is 419. The van der Waals surface area contributed by atoms with Gasteiger partial charge in [0.1, 0.15) is 0 Å². The average molecular weight is 230 g/mol. The van der Waals surface area contributed by atoms with E-state index in [-0.39, 0.29) is 0 Å². The smallest absolute Gasteiger partial charge is 0.0949 e. The molecule has 0 aliphatic heterocycles. The lowest BCUT2D eigenvalue weighted by Gasteiger charge is -2.09. The summed E-state index contributed by atoms with van der Waals surface area (Å²) < 4.78 is 5.09. The fraction of sp³-hybridized carbons (Fsp3) is 0.143. The van der Waals surface area contributed by atoms with Gasteiger partial charge >= 0.3 is 0 Å². The van der Waals surface area contributed by atoms with Gasteiger partial charge in [0.15, 0.2) is 0 Å². The van der Waals surface area contributed by atoms with Crippen LogP contribution in [0.25, 0.3) is 0 Å². The van der Waals surface area contributed by atoms with Gasteiger partial charge in [-0.3, -0.25) is 0 Å². The molecule has 82 valence electrons. The number of benzene rings is 1. The molecule has 2 heteroatoms. The largest absolute Gasteiger partial charge is 0.472 e. The van der Waals surface area contributed by atoms with Crippen LogP contribution in [-0.4, -0.2) is 0 Å². The van der Waals surface area contributed by atoms with E-state index in [0.717, 1.165) is 5.75 Å². The van der Waals surface area contributed by atoms with Crippen molar-refractivity contribution in [1.29, 1.82) is 0 Å². The fourth-order valence-electron chi connectivity index (χ4n) is 1.50. The minimum atomic E-state index is 0.305. The van der Waals surface area contributed by atoms with Crippen molar-refractivity contribution in [3.63, 3.8) is 0 Å². The second kappa shape index (κ2) is 5.61. The molecule has 0 spiro atoms. The SMILES string of the molecule is C=C[C@H](SCc1ccccc1)c1ccoc1. The molecule has 16 heavy (non-hydrogen) atoms. The molecule has 0 aliphatic carbocycles. The maximum atomic E-state index is 5.09. The van der Waals surface area contributed by atoms with E-state index >= 15 is 0 Å². The quantitative estimate of drug-likeness (QED) is 0.704. The predicted molar refractivity (Wildman–Crippen MR) is 69.4 cm³/mol. The molecule has 0 saturated carbocycles. The highest BCUT2D eigenvalue weighted by Gasteiger charge is 2.08. The standard InChI is InChI=1S/C14H14OS/c1-2-14(13-8-9-15-10-13)16-11-12-6-4-3-5-7-12/h2-10,14H,1,11H2/t14-/m0/s1. The molecule has 0 N–H and O–H groups in total. The van der Waals surface area contributed by atoms with Crippen molar-refractivity contribution < 1.29 is 4.42 Å². The molecule has 1 atom stereocenters. The Labute approximate surface area is 100 Å². The van der Waals surface area contributed by atoms with E-state index < -0.39 is 0 Å². The molecule has 0 amide bonds. The summed E-state index contributed by atoms with van der Waals surface area (Å²) in [6.45, 7) is 3.87. The lowest BCUT2D eigenvalue weighted by atomic mass is 10.2. The average Bonchev–Trinajstić information content (AvgIpc) is 2.85. The van der Waals surface area contributed by atoms with Crippen LogP contribution in [0.3, 0.4) is 0 Å². The molecular formula is C14H14OS. The van der Waals surface area contributed by atoms with Crippen LogP contribution >= 0.6 is 11.8 Å². The summed E-state index contributed by atoms with van der Waals surface area (Å²) >= 11 is 1.85. The van der Waals surface area contributed by atoms with Gasteiger partial charge < -0.3 is 4.42 Å². The van der Waals surface area contributed by atoms with E-state index in [2.05, 4.69) is 30.8 Å². The Morgan fingerprint density at radius 3 is 2.69 bits per heavy atom. The molecule has 0 radical (unpaired) electrons. The van der Waals surface area contributed by atoms with Crippen LogP contribution in [-0.2, 0) is 5.75 Å². The topological polar surface area (TPSA) is 13.1 Å². The van der Waals surface area contributed by atoms with E-state index in [1.165, 1.54) is 11.1 Å². The lowest BCUT2D eigenvalue weighted by molar-refractivity contribution is 0.564. The van der Waals surface area contributed by atoms with Gasteiger partial charge in [-0.1, -0.05) is 36.4 Å². The molecule has 1 heterocycles. The Balaban J connectivity index is 1.96. The third-order valence-corrected chi connectivity index (χ3v) is 3.68. The number of thioether (sulfide) groups is 1. The van der Waals surface area contributed by atoms with Crippen LogP contribution in [0, 0.1) is 0 Å². The molecule has 0 aliphatic rings. The van der Waals surface area contributed by atoms with E-state index in [0.29, 0.717) is 5.25 Å². The highest BCUT2D eigenvalue weighted by atomic mass is 32.2. The molecular weight excluding hydrogens is 216 g/mol. The molecule has 0 bridgehead atoms. The molecule has 2 aromatic rings. The third kappa shape index (κ3) is 2.80. The first-order chi connectivity index (χ1) is 7.90. The van der Waals surface area contributed by atoms with Crippen LogP contribution in [0.5, 0.6) is 0 Å². The van der Waals surface area contributed by atoms with Gasteiger partial charge in [0, 0.05) is 11.3 Å². The highest BCUT2D eigenvalue weighted by molar-refractivity contribution is 7.98. The zero-order chi connectivity index (χ0) is 11.2. The van der Waals surface area contributed by atoms with Crippen LogP contribution < -0.4 is 0 Å². The molecule has 1 aromatic carbocycles. The van der Waals surface area contributed by atoms with Gasteiger partial charge in [-0.25, -0.2) is 0 Å². The van der Waals surface area contributed by atoms with Crippen molar-refractivity contribution in [2.45, 2.75) is 11.0 Å². The predicted octanol–water partition coefficient (Wildman–Crippen LogP) is 4.44. The molecule has 0 saturated heterocycles. The Kier molecular flexibility index (Phi) is 3.89. The summed E-state index contributed by atoms with van der Waals surface area (Å²) in [5, 5.41) is 0.305. The van der Waals surface area contributed by atoms with Crippen molar-refractivity contribution in [1.82, 2.24) is 0 Å². The number of hydrogen-bond donors (Lipinski definition) is 0. The monoisotopic (exact) mass is 230 g/mol. The van der Waals surface area contributed by atoms with Crippen molar-refractivity contribution in [2.75, 3.05) is 0 Å². The van der Waals surface area contributed by atoms with Crippen molar-refractivity contribution in [3.8, 4) is 0 Å². The van der Waals surface area contributed by atoms with Gasteiger partial charge in [0.2, 0.25) is 0 Å². The van der Waals surface area contributed by atoms with E-state index in [1.807, 2.05) is 30.0 Å². The van der Waals surface area contributed by atoms with E-state index in [4.69, 9.17) is 4.42 Å². The molecule has 1 nitrogen and oxygen atoms in total. The number of rotatable bonds is 5. The first kappa shape index (κ1) is 11.1. The Morgan fingerprint density at radius 1 is 1.25 bits per heavy atom. The van der Waals surface area contributed by atoms with Crippen LogP contribution in [0.1, 0.15) is 16.4 Å². The highest BCUT2D eigenvalue weighted by Crippen LogP contribution is 2.32. The maximum Gasteiger partial charge on any atom is 0.0949 e. The van der Waals surface area contributed by atoms with Crippen LogP contribution in [0.2, 0.25) is 0 Å². The summed E-state index contributed by atoms with van der Waals surface area (Å²) in [6, 6.07) is 12.4. The molecule has 0 fully saturated rings. The second-order valence-electron chi connectivity index (χ2n) is 3.51. The van der Waals surface area contributed by atoms with Gasteiger partial charge in [-0.15, -0.1) is 18.3 Å². The first-order valence-corrected chi connectivity index (χ1v) is 6.25. The van der Waals surface area contributed by atoms with Crippen LogP contribution in [0.4, 0.5) is 0 Å². The summed E-state index contributed by atoms with van der Waals surface area (Å²) in [5.74, 6) is 0.989. The van der Waals surface area contributed by atoms with Gasteiger partial charge in [0.05, 0.1) is 17.8 Å². The van der Waals surface area contributed by atoms with Crippen molar-refractivity contribution >= 4 is 11.8 Å². The summed E-state index contributed by atoms with van der Waals surface area (Å²) in [7, 11) is 0. The minimum absolute atomic E-state index is 0.305. The van der Waals surface area contributed by atoms with Gasteiger partial charge in [-0.2, -0.15) is 0 Å². The zero-order valence-corrected chi connectivity index (χ0v) is 9.82. The second-order valence-corrected chi connectivity index (χ2v) is 4.64. The Hall–Kier alpha value is -1.41. The van der Waals surface area contributed by atoms with Gasteiger partial charge in [-0.05, 0) is 11.6 Å². The molecule has 2 rings (SSSR count). The lowest BCUT2D eigenvalue weighted by Crippen LogP contribution is -1.88. The van der Waals surface area contributed by atoms with E-state index in [9.17, 15) is 0 Å². The molecule has 0 unspecified atom stereocenters. The third-order valence-electron chi connectivity index (χ3n) is 2.36. The van der Waals surface area contributed by atoms with E-state index in [1.54, 1.807) is 12.5 Å². The summed E-state index contributed by atoms with van der Waals surface area (Å²) in [4.78, 5) is 0. The summed E-state index contributed by atoms with van der Waals surface area (Å²) in [6.07, 6.45) is 5.44. The fourth-order valence-corrected chi connectivity index (χ4v) is 2.52. The number of hydrogen-bond acceptors (Lipinski definition) is 2. The van der Waals surface area contributed by atoms with Crippen molar-refractivity contribution in [3.05, 3.63) is 72.7 Å². The first-order valence-electron chi connectivity index (χ1n) is 5.20. The minimum Gasteiger partial charge on any atom is -0.472 e. The number of furan rings is 1. The zero-order valence-electron chi connectivity index (χ0n) is 9.00. The summed E-state index contributed by atoms with van der Waals surface area (Å²) in [5.41, 5.74) is 2.51.